The van der Waals surface area contributed by atoms with Gasteiger partial charge < -0.3 is 39.4 Å². The van der Waals surface area contributed by atoms with Crippen LogP contribution >= 0.6 is 11.3 Å². The molecule has 0 radical (unpaired) electrons. The Morgan fingerprint density at radius 1 is 1.08 bits per heavy atom. The van der Waals surface area contributed by atoms with E-state index in [-0.39, 0.29) is 24.5 Å². The quantitative estimate of drug-likeness (QED) is 0.211. The van der Waals surface area contributed by atoms with Crippen molar-refractivity contribution in [3.05, 3.63) is 41.4 Å². The number of hydrogen-bond acceptors (Lipinski definition) is 14. The molecule has 2 aromatic rings. The number of cyclic esters (lactones) is 1. The highest BCUT2D eigenvalue weighted by molar-refractivity contribution is 7.15. The summed E-state index contributed by atoms with van der Waals surface area (Å²) in [7, 11) is 5.17. The number of esters is 1. The number of nitrogens with zero attached hydrogens (tertiary/aromatic N) is 4. The predicted molar refractivity (Wildman–Crippen MR) is 227 cm³/mol. The number of aryl methyl sites for hydroxylation is 1. The van der Waals surface area contributed by atoms with Crippen LogP contribution in [0.3, 0.4) is 0 Å². The number of carbonyl (C=O) groups excluding carboxylic acids is 3. The van der Waals surface area contributed by atoms with Crippen molar-refractivity contribution in [2.45, 2.75) is 154 Å². The van der Waals surface area contributed by atoms with Crippen LogP contribution in [0.25, 0.3) is 10.6 Å². The molecule has 3 aliphatic rings. The summed E-state index contributed by atoms with van der Waals surface area (Å²) >= 11 is 1.63. The first-order chi connectivity index (χ1) is 28.1. The van der Waals surface area contributed by atoms with Gasteiger partial charge in [0.2, 0.25) is 0 Å². The standard InChI is InChI=1S/C44H68FN5O9S/c1-13-49(21-17-20-31-24-47-38(60-31)30-18-15-14-16-19-30)50-35-27(4)33(46)25(2)23-42(7,55-12)37(58-39-34(51)32(48(10)11)22-26(3)56-39)28(5)36(52)43(8,45)40(53)57-29(6)44(35,9)59-41(50)54/h14-16,18-19,24-29,32-35,37,39,51H,13,17,20-23,46H2,1-12H3/t25-,26-,27+,28+,29-,32+,33?,34-,35-,37-,39+,42+,43?,44-/m1/s1. The van der Waals surface area contributed by atoms with Crippen molar-refractivity contribution >= 4 is 29.2 Å². The van der Waals surface area contributed by atoms with Gasteiger partial charge in [0, 0.05) is 54.8 Å². The van der Waals surface area contributed by atoms with Gasteiger partial charge in [-0.3, -0.25) is 4.79 Å². The lowest BCUT2D eigenvalue weighted by Crippen LogP contribution is -2.64. The maximum absolute atomic E-state index is 16.9. The van der Waals surface area contributed by atoms with Gasteiger partial charge >= 0.3 is 12.1 Å². The number of benzene rings is 1. The molecule has 5 rings (SSSR count). The molecule has 4 heterocycles. The minimum Gasteiger partial charge on any atom is -0.456 e. The number of hydrogen-bond donors (Lipinski definition) is 2. The molecule has 3 N–H and O–H groups in total. The number of methoxy groups -OCH3 is 1. The summed E-state index contributed by atoms with van der Waals surface area (Å²) in [5.41, 5.74) is 2.30. The number of thiazole rings is 1. The molecule has 3 fully saturated rings. The van der Waals surface area contributed by atoms with Crippen LogP contribution in [0.15, 0.2) is 36.5 Å². The van der Waals surface area contributed by atoms with Gasteiger partial charge in [-0.1, -0.05) is 58.0 Å². The fourth-order valence-corrected chi connectivity index (χ4v) is 10.4. The Morgan fingerprint density at radius 2 is 1.75 bits per heavy atom. The van der Waals surface area contributed by atoms with Gasteiger partial charge in [-0.15, -0.1) is 11.3 Å². The van der Waals surface area contributed by atoms with Gasteiger partial charge in [0.25, 0.3) is 5.67 Å². The average molecular weight is 862 g/mol. The molecular weight excluding hydrogens is 794 g/mol. The molecule has 3 aliphatic heterocycles. The third kappa shape index (κ3) is 9.60. The molecule has 1 aromatic heterocycles. The number of ether oxygens (including phenoxy) is 5. The molecule has 14 atom stereocenters. The van der Waals surface area contributed by atoms with Crippen molar-refractivity contribution in [2.24, 2.45) is 23.5 Å². The van der Waals surface area contributed by atoms with E-state index >= 15 is 4.39 Å². The second kappa shape index (κ2) is 19.1. The minimum atomic E-state index is -3.15. The Hall–Kier alpha value is -3.09. The second-order valence-electron chi connectivity index (χ2n) is 18.0. The molecule has 3 saturated heterocycles. The zero-order valence-electron chi connectivity index (χ0n) is 37.4. The summed E-state index contributed by atoms with van der Waals surface area (Å²) in [4.78, 5) is 50.0. The molecule has 1 aromatic carbocycles. The van der Waals surface area contributed by atoms with Crippen LogP contribution in [0.4, 0.5) is 9.18 Å². The fourth-order valence-electron chi connectivity index (χ4n) is 9.47. The van der Waals surface area contributed by atoms with Crippen LogP contribution < -0.4 is 5.73 Å². The Labute approximate surface area is 359 Å². The van der Waals surface area contributed by atoms with Crippen LogP contribution in [0, 0.1) is 17.8 Å². The number of alkyl halides is 1. The van der Waals surface area contributed by atoms with E-state index in [2.05, 4.69) is 4.98 Å². The van der Waals surface area contributed by atoms with E-state index in [1.807, 2.05) is 88.2 Å². The lowest BCUT2D eigenvalue weighted by Gasteiger charge is -2.48. The van der Waals surface area contributed by atoms with E-state index in [9.17, 15) is 19.5 Å². The Kier molecular flexibility index (Phi) is 15.3. The smallest absolute Gasteiger partial charge is 0.425 e. The van der Waals surface area contributed by atoms with Gasteiger partial charge in [0.15, 0.2) is 17.7 Å². The molecule has 14 nitrogen and oxygen atoms in total. The first-order valence-corrected chi connectivity index (χ1v) is 22.1. The predicted octanol–water partition coefficient (Wildman–Crippen LogP) is 5.64. The molecule has 1 amide bonds. The number of halogens is 1. The number of aliphatic hydroxyl groups is 1. The molecule has 2 unspecified atom stereocenters. The zero-order chi connectivity index (χ0) is 44.5. The number of ketones is 1. The number of likely N-dealkylation sites (N-methyl/N-ethyl adjacent to an activating group) is 1. The first kappa shape index (κ1) is 48.0. The van der Waals surface area contributed by atoms with Crippen molar-refractivity contribution in [3.63, 3.8) is 0 Å². The Morgan fingerprint density at radius 3 is 2.37 bits per heavy atom. The Balaban J connectivity index is 1.48. The molecule has 0 aliphatic carbocycles. The maximum Gasteiger partial charge on any atom is 0.425 e. The Bertz CT molecular complexity index is 1790. The number of aliphatic hydroxyl groups excluding tert-OH is 1. The van der Waals surface area contributed by atoms with Crippen LogP contribution in [0.2, 0.25) is 0 Å². The van der Waals surface area contributed by atoms with Crippen LogP contribution in [0.5, 0.6) is 0 Å². The third-order valence-corrected chi connectivity index (χ3v) is 14.5. The SMILES string of the molecule is CCN(CCCc1cnc(-c2ccccc2)s1)N1C(=O)O[C@]2(C)[C@@H](C)OC(=O)C(C)(F)C(=O)[C@H](C)[C@@H](O[C@@H]3O[C@H](C)C[C@H](N(C)C)[C@H]3O)[C@@](C)(OC)C[C@@H](C)C(N)[C@H](C)[C@@H]12. The summed E-state index contributed by atoms with van der Waals surface area (Å²) < 4.78 is 47.8. The molecule has 0 spiro atoms. The van der Waals surface area contributed by atoms with E-state index in [1.54, 1.807) is 37.1 Å². The molecule has 60 heavy (non-hydrogen) atoms. The van der Waals surface area contributed by atoms with Crippen LogP contribution in [0.1, 0.15) is 86.5 Å². The van der Waals surface area contributed by atoms with Crippen LogP contribution in [-0.2, 0) is 39.7 Å². The van der Waals surface area contributed by atoms with Gasteiger partial charge in [0.05, 0.1) is 23.9 Å². The largest absolute Gasteiger partial charge is 0.456 e. The summed E-state index contributed by atoms with van der Waals surface area (Å²) in [6.45, 7) is 16.0. The van der Waals surface area contributed by atoms with Gasteiger partial charge in [0.1, 0.15) is 17.2 Å². The lowest BCUT2D eigenvalue weighted by molar-refractivity contribution is -0.296. The summed E-state index contributed by atoms with van der Waals surface area (Å²) in [6.07, 6.45) is -1.63. The fraction of sp³-hybridized carbons (Fsp3) is 0.727. The monoisotopic (exact) mass is 861 g/mol. The molecule has 0 bridgehead atoms. The highest BCUT2D eigenvalue weighted by Gasteiger charge is 2.62. The number of carbonyl (C=O) groups is 3. The first-order valence-electron chi connectivity index (χ1n) is 21.3. The highest BCUT2D eigenvalue weighted by Crippen LogP contribution is 2.44. The summed E-state index contributed by atoms with van der Waals surface area (Å²) in [5.74, 6) is -4.64. The van der Waals surface area contributed by atoms with Crippen LogP contribution in [-0.4, -0.2) is 143 Å². The number of aromatic nitrogens is 1. The number of amides is 1. The molecule has 16 heteroatoms. The van der Waals surface area contributed by atoms with Crippen molar-refractivity contribution in [3.8, 4) is 10.6 Å². The number of rotatable bonds is 11. The number of nitrogens with two attached hydrogens (primary N) is 1. The van der Waals surface area contributed by atoms with Gasteiger partial charge in [-0.2, -0.15) is 0 Å². The number of hydrazine groups is 1. The van der Waals surface area contributed by atoms with E-state index in [4.69, 9.17) is 29.4 Å². The average Bonchev–Trinajstić information content (AvgIpc) is 3.79. The molecule has 0 saturated carbocycles. The number of Topliss-reactive ketones (excluding diaryl/α,β-unsaturated/α-hetero) is 1. The van der Waals surface area contributed by atoms with E-state index in [0.717, 1.165) is 28.8 Å². The minimum absolute atomic E-state index is 0.214. The topological polar surface area (TPSA) is 166 Å². The van der Waals surface area contributed by atoms with E-state index in [1.165, 1.54) is 14.0 Å². The summed E-state index contributed by atoms with van der Waals surface area (Å²) in [5, 5.41) is 15.9. The lowest BCUT2D eigenvalue weighted by atomic mass is 9.72. The molecular formula is C44H68FN5O9S. The third-order valence-electron chi connectivity index (χ3n) is 13.3. The van der Waals surface area contributed by atoms with Crippen molar-refractivity contribution in [2.75, 3.05) is 34.3 Å². The second-order valence-corrected chi connectivity index (χ2v) is 19.1. The molecule has 336 valence electrons. The maximum atomic E-state index is 16.9. The van der Waals surface area contributed by atoms with Crippen molar-refractivity contribution in [1.82, 2.24) is 19.9 Å². The highest BCUT2D eigenvalue weighted by atomic mass is 32.1. The summed E-state index contributed by atoms with van der Waals surface area (Å²) in [6, 6.07) is 8.28. The van der Waals surface area contributed by atoms with E-state index < -0.39 is 83.2 Å². The van der Waals surface area contributed by atoms with Gasteiger partial charge in [-0.05, 0) is 86.2 Å². The normalized spacial score (nSPS) is 38.5. The van der Waals surface area contributed by atoms with Crippen molar-refractivity contribution in [1.29, 1.82) is 0 Å². The zero-order valence-corrected chi connectivity index (χ0v) is 38.2. The van der Waals surface area contributed by atoms with E-state index in [0.29, 0.717) is 25.9 Å². The number of fused-ring (bicyclic) bond motifs is 1. The van der Waals surface area contributed by atoms with Crippen molar-refractivity contribution < 1.29 is 47.6 Å². The van der Waals surface area contributed by atoms with Gasteiger partial charge in [-0.25, -0.2) is 29.0 Å².